The van der Waals surface area contributed by atoms with E-state index in [9.17, 15) is 14.4 Å². The maximum atomic E-state index is 12.8. The van der Waals surface area contributed by atoms with Gasteiger partial charge in [0.05, 0.1) is 6.61 Å². The van der Waals surface area contributed by atoms with Gasteiger partial charge in [0, 0.05) is 25.1 Å². The highest BCUT2D eigenvalue weighted by Gasteiger charge is 2.65. The average Bonchev–Trinajstić information content (AvgIpc) is 3.20. The summed E-state index contributed by atoms with van der Waals surface area (Å²) >= 11 is 0. The fourth-order valence-electron chi connectivity index (χ4n) is 3.99. The number of ether oxygens (including phenoxy) is 2. The van der Waals surface area contributed by atoms with Gasteiger partial charge in [-0.3, -0.25) is 19.1 Å². The minimum atomic E-state index is -2.40. The van der Waals surface area contributed by atoms with Gasteiger partial charge in [-0.25, -0.2) is 4.79 Å². The SMILES string of the molecule is CC(C)(C)[Si](C)(C)OC[C@H]1O[C@H](n2ccc(=O)[nH]c2=O)[C@H](O[Si](C)(C)C(C)(C)C)[C@]12CCC(=O)O2. The number of rotatable bonds is 6. The Morgan fingerprint density at radius 2 is 1.66 bits per heavy atom. The smallest absolute Gasteiger partial charge is 0.330 e. The third kappa shape index (κ3) is 5.29. The van der Waals surface area contributed by atoms with Gasteiger partial charge in [0.25, 0.3) is 5.56 Å². The second-order valence-electron chi connectivity index (χ2n) is 12.8. The molecule has 0 bridgehead atoms. The molecule has 198 valence electrons. The molecule has 1 N–H and O–H groups in total. The van der Waals surface area contributed by atoms with Crippen LogP contribution in [0.4, 0.5) is 0 Å². The van der Waals surface area contributed by atoms with Gasteiger partial charge in [0.2, 0.25) is 0 Å². The van der Waals surface area contributed by atoms with Gasteiger partial charge < -0.3 is 18.3 Å². The summed E-state index contributed by atoms with van der Waals surface area (Å²) in [6, 6.07) is 1.28. The molecule has 9 nitrogen and oxygen atoms in total. The number of nitrogens with zero attached hydrogens (tertiary/aromatic N) is 1. The van der Waals surface area contributed by atoms with Crippen LogP contribution in [0.15, 0.2) is 21.9 Å². The quantitative estimate of drug-likeness (QED) is 0.442. The molecular formula is C24H42N2O7Si2. The minimum absolute atomic E-state index is 0.0165. The molecule has 4 atom stereocenters. The van der Waals surface area contributed by atoms with Gasteiger partial charge in [-0.05, 0) is 36.3 Å². The van der Waals surface area contributed by atoms with Crippen LogP contribution in [0.3, 0.4) is 0 Å². The number of aromatic nitrogens is 2. The molecule has 1 aromatic heterocycles. The molecule has 1 aromatic rings. The number of hydrogen-bond acceptors (Lipinski definition) is 7. The molecular weight excluding hydrogens is 484 g/mol. The highest BCUT2D eigenvalue weighted by molar-refractivity contribution is 6.74. The predicted molar refractivity (Wildman–Crippen MR) is 139 cm³/mol. The third-order valence-corrected chi connectivity index (χ3v) is 17.3. The Balaban J connectivity index is 2.09. The van der Waals surface area contributed by atoms with Crippen molar-refractivity contribution in [2.24, 2.45) is 0 Å². The molecule has 3 heterocycles. The first-order valence-corrected chi connectivity index (χ1v) is 18.1. The van der Waals surface area contributed by atoms with Crippen LogP contribution in [0.1, 0.15) is 60.6 Å². The van der Waals surface area contributed by atoms with Crippen LogP contribution in [0, 0.1) is 0 Å². The number of carbonyl (C=O) groups is 1. The van der Waals surface area contributed by atoms with Crippen LogP contribution >= 0.6 is 0 Å². The normalized spacial score (nSPS) is 28.1. The first kappa shape index (κ1) is 28.0. The molecule has 11 heteroatoms. The van der Waals surface area contributed by atoms with Crippen LogP contribution in [-0.2, 0) is 23.1 Å². The van der Waals surface area contributed by atoms with E-state index in [1.54, 1.807) is 0 Å². The van der Waals surface area contributed by atoms with E-state index in [1.807, 2.05) is 0 Å². The van der Waals surface area contributed by atoms with Crippen LogP contribution in [-0.4, -0.2) is 56.6 Å². The molecule has 0 saturated carbocycles. The van der Waals surface area contributed by atoms with E-state index < -0.39 is 51.9 Å². The van der Waals surface area contributed by atoms with Gasteiger partial charge in [-0.15, -0.1) is 0 Å². The Morgan fingerprint density at radius 1 is 1.06 bits per heavy atom. The molecule has 0 aromatic carbocycles. The predicted octanol–water partition coefficient (Wildman–Crippen LogP) is 3.92. The number of H-pyrrole nitrogens is 1. The van der Waals surface area contributed by atoms with E-state index in [2.05, 4.69) is 72.7 Å². The van der Waals surface area contributed by atoms with Crippen molar-refractivity contribution in [2.45, 2.75) is 115 Å². The van der Waals surface area contributed by atoms with Crippen LogP contribution in [0.2, 0.25) is 36.3 Å². The standard InChI is InChI=1S/C24H42N2O7Si2/c1-22(2,3)34(7,8)30-15-16-24(13-11-18(28)32-24)19(33-35(9,10)23(4,5)6)20(31-16)26-14-12-17(27)25-21(26)29/h12,14,16,19-20H,11,13,15H2,1-10H3,(H,25,27,29)/t16-,19+,20+,24+/m1/s1. The zero-order valence-electron chi connectivity index (χ0n) is 22.8. The van der Waals surface area contributed by atoms with Crippen molar-refractivity contribution >= 4 is 22.6 Å². The topological polar surface area (TPSA) is 109 Å². The van der Waals surface area contributed by atoms with Crippen LogP contribution in [0.25, 0.3) is 0 Å². The largest absolute Gasteiger partial charge is 0.453 e. The van der Waals surface area contributed by atoms with Gasteiger partial charge in [0.15, 0.2) is 28.5 Å². The summed E-state index contributed by atoms with van der Waals surface area (Å²) in [4.78, 5) is 39.4. The van der Waals surface area contributed by atoms with Gasteiger partial charge >= 0.3 is 11.7 Å². The fraction of sp³-hybridized carbons (Fsp3) is 0.792. The molecule has 2 saturated heterocycles. The Hall–Kier alpha value is -1.54. The number of carbonyl (C=O) groups excluding carboxylic acids is 1. The monoisotopic (exact) mass is 526 g/mol. The molecule has 3 rings (SSSR count). The highest BCUT2D eigenvalue weighted by Crippen LogP contribution is 2.51. The summed E-state index contributed by atoms with van der Waals surface area (Å²) in [7, 11) is -4.54. The number of esters is 1. The zero-order chi connectivity index (χ0) is 26.6. The molecule has 0 unspecified atom stereocenters. The summed E-state index contributed by atoms with van der Waals surface area (Å²) in [5.74, 6) is -0.316. The lowest BCUT2D eigenvalue weighted by molar-refractivity contribution is -0.160. The average molecular weight is 527 g/mol. The lowest BCUT2D eigenvalue weighted by atomic mass is 9.89. The molecule has 2 fully saturated rings. The summed E-state index contributed by atoms with van der Waals surface area (Å²) in [5.41, 5.74) is -2.18. The van der Waals surface area contributed by atoms with Crippen LogP contribution < -0.4 is 11.2 Å². The van der Waals surface area contributed by atoms with Gasteiger partial charge in [-0.2, -0.15) is 0 Å². The summed E-state index contributed by atoms with van der Waals surface area (Å²) in [6.07, 6.45) is -0.175. The van der Waals surface area contributed by atoms with Gasteiger partial charge in [-0.1, -0.05) is 41.5 Å². The van der Waals surface area contributed by atoms with Crippen molar-refractivity contribution in [3.63, 3.8) is 0 Å². The van der Waals surface area contributed by atoms with Crippen molar-refractivity contribution in [2.75, 3.05) is 6.61 Å². The molecule has 2 aliphatic rings. The maximum Gasteiger partial charge on any atom is 0.330 e. The minimum Gasteiger partial charge on any atom is -0.453 e. The Kier molecular flexibility index (Phi) is 7.28. The molecule has 0 radical (unpaired) electrons. The van der Waals surface area contributed by atoms with Crippen molar-refractivity contribution in [3.8, 4) is 0 Å². The Labute approximate surface area is 209 Å². The van der Waals surface area contributed by atoms with E-state index >= 15 is 0 Å². The van der Waals surface area contributed by atoms with E-state index in [0.717, 1.165) is 0 Å². The lowest BCUT2D eigenvalue weighted by Crippen LogP contribution is -2.56. The highest BCUT2D eigenvalue weighted by atomic mass is 28.4. The fourth-order valence-corrected chi connectivity index (χ4v) is 6.30. The second kappa shape index (κ2) is 9.09. The van der Waals surface area contributed by atoms with Gasteiger partial charge in [0.1, 0.15) is 12.2 Å². The Bertz CT molecular complexity index is 1070. The van der Waals surface area contributed by atoms with Crippen molar-refractivity contribution in [1.82, 2.24) is 9.55 Å². The number of aromatic amines is 1. The summed E-state index contributed by atoms with van der Waals surface area (Å²) < 4.78 is 27.2. The number of nitrogens with one attached hydrogen (secondary N) is 1. The van der Waals surface area contributed by atoms with E-state index in [1.165, 1.54) is 16.8 Å². The lowest BCUT2D eigenvalue weighted by Gasteiger charge is -2.43. The third-order valence-electron chi connectivity index (χ3n) is 8.37. The summed E-state index contributed by atoms with van der Waals surface area (Å²) in [6.45, 7) is 21.6. The molecule has 0 aliphatic carbocycles. The second-order valence-corrected chi connectivity index (χ2v) is 22.4. The molecule has 1 spiro atoms. The van der Waals surface area contributed by atoms with Crippen molar-refractivity contribution in [3.05, 3.63) is 33.1 Å². The maximum absolute atomic E-state index is 12.8. The Morgan fingerprint density at radius 3 is 2.14 bits per heavy atom. The van der Waals surface area contributed by atoms with E-state index in [0.29, 0.717) is 6.42 Å². The first-order valence-electron chi connectivity index (χ1n) is 12.3. The number of hydrogen-bond donors (Lipinski definition) is 1. The van der Waals surface area contributed by atoms with E-state index in [-0.39, 0.29) is 29.1 Å². The van der Waals surface area contributed by atoms with Crippen molar-refractivity contribution < 1.29 is 23.1 Å². The molecule has 0 amide bonds. The zero-order valence-corrected chi connectivity index (χ0v) is 24.8. The first-order chi connectivity index (χ1) is 15.8. The van der Waals surface area contributed by atoms with Crippen molar-refractivity contribution in [1.29, 1.82) is 0 Å². The van der Waals surface area contributed by atoms with E-state index in [4.69, 9.17) is 18.3 Å². The molecule has 2 aliphatic heterocycles. The van der Waals surface area contributed by atoms with Crippen LogP contribution in [0.5, 0.6) is 0 Å². The summed E-state index contributed by atoms with van der Waals surface area (Å²) in [5, 5.41) is -0.148. The molecule has 35 heavy (non-hydrogen) atoms.